The molecule has 0 heterocycles. The van der Waals surface area contributed by atoms with Crippen molar-refractivity contribution in [1.82, 2.24) is 10.2 Å². The van der Waals surface area contributed by atoms with E-state index in [0.717, 1.165) is 31.4 Å². The Hall–Kier alpha value is -2.34. The van der Waals surface area contributed by atoms with E-state index in [4.69, 9.17) is 0 Å². The van der Waals surface area contributed by atoms with E-state index >= 15 is 0 Å². The van der Waals surface area contributed by atoms with E-state index in [2.05, 4.69) is 17.4 Å². The van der Waals surface area contributed by atoms with Crippen LogP contribution in [0.4, 0.5) is 4.39 Å². The van der Waals surface area contributed by atoms with Crippen LogP contribution in [0, 0.1) is 5.82 Å². The number of carbonyl (C=O) groups excluding carboxylic acids is 2. The lowest BCUT2D eigenvalue weighted by molar-refractivity contribution is -0.140. The molecule has 166 valence electrons. The summed E-state index contributed by atoms with van der Waals surface area (Å²) >= 11 is 1.69. The van der Waals surface area contributed by atoms with Crippen molar-refractivity contribution in [3.05, 3.63) is 71.5 Å². The first-order valence-corrected chi connectivity index (χ1v) is 12.1. The van der Waals surface area contributed by atoms with Crippen molar-refractivity contribution < 1.29 is 14.0 Å². The Bertz CT molecular complexity index is 856. The van der Waals surface area contributed by atoms with Crippen LogP contribution < -0.4 is 5.32 Å². The van der Waals surface area contributed by atoms with E-state index < -0.39 is 6.04 Å². The molecule has 0 unspecified atom stereocenters. The van der Waals surface area contributed by atoms with Gasteiger partial charge in [-0.05, 0) is 31.4 Å². The maximum atomic E-state index is 14.3. The van der Waals surface area contributed by atoms with Crippen LogP contribution >= 0.6 is 11.8 Å². The van der Waals surface area contributed by atoms with Crippen LogP contribution in [0.25, 0.3) is 0 Å². The fourth-order valence-corrected chi connectivity index (χ4v) is 4.74. The molecule has 1 aliphatic rings. The normalized spacial score (nSPS) is 14.9. The Morgan fingerprint density at radius 2 is 1.77 bits per heavy atom. The van der Waals surface area contributed by atoms with E-state index in [1.54, 1.807) is 36.9 Å². The average Bonchev–Trinajstić information content (AvgIpc) is 3.29. The van der Waals surface area contributed by atoms with Crippen LogP contribution in [0.3, 0.4) is 0 Å². The molecule has 1 saturated carbocycles. The molecule has 0 saturated heterocycles. The molecule has 2 aromatic carbocycles. The number of halogens is 1. The van der Waals surface area contributed by atoms with Gasteiger partial charge in [-0.2, -0.15) is 11.8 Å². The summed E-state index contributed by atoms with van der Waals surface area (Å²) in [5.74, 6) is 0.839. The van der Waals surface area contributed by atoms with E-state index in [9.17, 15) is 14.0 Å². The molecule has 0 spiro atoms. The smallest absolute Gasteiger partial charge is 0.242 e. The fourth-order valence-electron chi connectivity index (χ4n) is 3.85. The molecule has 0 aromatic heterocycles. The molecule has 0 bridgehead atoms. The highest BCUT2D eigenvalue weighted by Gasteiger charge is 2.28. The molecule has 4 nitrogen and oxygen atoms in total. The van der Waals surface area contributed by atoms with Crippen LogP contribution in [-0.4, -0.2) is 34.6 Å². The molecule has 1 aliphatic carbocycles. The molecule has 31 heavy (non-hydrogen) atoms. The summed E-state index contributed by atoms with van der Waals surface area (Å²) in [5, 5.41) is 3.07. The number of hydrogen-bond acceptors (Lipinski definition) is 3. The SMILES string of the molecule is C[C@H](C(=O)NC1CCCC1)N(Cc1ccccc1F)C(=O)CCSCc1ccccc1. The van der Waals surface area contributed by atoms with E-state index in [1.165, 1.54) is 16.5 Å². The van der Waals surface area contributed by atoms with Crippen molar-refractivity contribution in [3.63, 3.8) is 0 Å². The summed E-state index contributed by atoms with van der Waals surface area (Å²) in [4.78, 5) is 27.4. The topological polar surface area (TPSA) is 49.4 Å². The van der Waals surface area contributed by atoms with Gasteiger partial charge in [-0.1, -0.05) is 61.4 Å². The number of nitrogens with one attached hydrogen (secondary N) is 1. The standard InChI is InChI=1S/C25H31FN2O2S/c1-19(25(30)27-22-12-6-7-13-22)28(17-21-11-5-8-14-23(21)26)24(29)15-16-31-18-20-9-3-2-4-10-20/h2-5,8-11,14,19,22H,6-7,12-13,15-18H2,1H3,(H,27,30)/t19-/m1/s1. The number of nitrogens with zero attached hydrogens (tertiary/aromatic N) is 1. The van der Waals surface area contributed by atoms with Gasteiger partial charge in [0.1, 0.15) is 11.9 Å². The predicted molar refractivity (Wildman–Crippen MR) is 124 cm³/mol. The first-order valence-electron chi connectivity index (χ1n) is 11.0. The van der Waals surface area contributed by atoms with Crippen molar-refractivity contribution in [2.75, 3.05) is 5.75 Å². The minimum absolute atomic E-state index is 0.0914. The zero-order chi connectivity index (χ0) is 22.1. The van der Waals surface area contributed by atoms with Gasteiger partial charge in [-0.15, -0.1) is 0 Å². The highest BCUT2D eigenvalue weighted by Crippen LogP contribution is 2.20. The minimum Gasteiger partial charge on any atom is -0.352 e. The maximum absolute atomic E-state index is 14.3. The van der Waals surface area contributed by atoms with Gasteiger partial charge in [0.05, 0.1) is 0 Å². The van der Waals surface area contributed by atoms with E-state index in [-0.39, 0.29) is 30.2 Å². The Balaban J connectivity index is 1.61. The monoisotopic (exact) mass is 442 g/mol. The van der Waals surface area contributed by atoms with Crippen molar-refractivity contribution in [1.29, 1.82) is 0 Å². The van der Waals surface area contributed by atoms with Crippen molar-refractivity contribution in [2.24, 2.45) is 0 Å². The summed E-state index contributed by atoms with van der Waals surface area (Å²) in [6.45, 7) is 1.83. The number of benzene rings is 2. The summed E-state index contributed by atoms with van der Waals surface area (Å²) in [6, 6.07) is 16.1. The van der Waals surface area contributed by atoms with Gasteiger partial charge in [0, 0.05) is 36.1 Å². The second kappa shape index (κ2) is 11.9. The van der Waals surface area contributed by atoms with Gasteiger partial charge in [-0.25, -0.2) is 4.39 Å². The predicted octanol–water partition coefficient (Wildman–Crippen LogP) is 4.93. The Morgan fingerprint density at radius 3 is 2.48 bits per heavy atom. The van der Waals surface area contributed by atoms with E-state index in [0.29, 0.717) is 17.7 Å². The van der Waals surface area contributed by atoms with Crippen LogP contribution in [0.1, 0.15) is 50.2 Å². The number of rotatable bonds is 10. The van der Waals surface area contributed by atoms with Gasteiger partial charge in [0.2, 0.25) is 11.8 Å². The molecule has 0 aliphatic heterocycles. The maximum Gasteiger partial charge on any atom is 0.242 e. The number of thioether (sulfide) groups is 1. The van der Waals surface area contributed by atoms with Crippen molar-refractivity contribution in [3.8, 4) is 0 Å². The zero-order valence-corrected chi connectivity index (χ0v) is 18.9. The van der Waals surface area contributed by atoms with E-state index in [1.807, 2.05) is 18.2 Å². The summed E-state index contributed by atoms with van der Waals surface area (Å²) in [5.41, 5.74) is 1.64. The van der Waals surface area contributed by atoms with Gasteiger partial charge >= 0.3 is 0 Å². The summed E-state index contributed by atoms with van der Waals surface area (Å²) in [7, 11) is 0. The lowest BCUT2D eigenvalue weighted by Crippen LogP contribution is -2.49. The molecule has 2 amide bonds. The van der Waals surface area contributed by atoms with Gasteiger partial charge in [0.15, 0.2) is 0 Å². The highest BCUT2D eigenvalue weighted by molar-refractivity contribution is 7.98. The molecule has 3 rings (SSSR count). The summed E-state index contributed by atoms with van der Waals surface area (Å²) in [6.07, 6.45) is 4.52. The Kier molecular flexibility index (Phi) is 8.95. The quantitative estimate of drug-likeness (QED) is 0.531. The number of hydrogen-bond donors (Lipinski definition) is 1. The van der Waals surface area contributed by atoms with Crippen LogP contribution in [0.5, 0.6) is 0 Å². The second-order valence-corrected chi connectivity index (χ2v) is 9.17. The third-order valence-corrected chi connectivity index (χ3v) is 6.77. The largest absolute Gasteiger partial charge is 0.352 e. The van der Waals surface area contributed by atoms with Crippen molar-refractivity contribution in [2.45, 2.75) is 63.4 Å². The van der Waals surface area contributed by atoms with Crippen molar-refractivity contribution >= 4 is 23.6 Å². The number of amides is 2. The molecule has 1 fully saturated rings. The second-order valence-electron chi connectivity index (χ2n) is 8.07. The first kappa shape index (κ1) is 23.3. The lowest BCUT2D eigenvalue weighted by atomic mass is 10.1. The third-order valence-electron chi connectivity index (χ3n) is 5.74. The molecule has 6 heteroatoms. The zero-order valence-electron chi connectivity index (χ0n) is 18.1. The molecule has 2 aromatic rings. The van der Waals surface area contributed by atoms with Gasteiger partial charge in [-0.3, -0.25) is 9.59 Å². The average molecular weight is 443 g/mol. The van der Waals surface area contributed by atoms with Crippen LogP contribution in [-0.2, 0) is 21.9 Å². The Labute approximate surface area is 188 Å². The fraction of sp³-hybridized carbons (Fsp3) is 0.440. The number of carbonyl (C=O) groups is 2. The summed E-state index contributed by atoms with van der Waals surface area (Å²) < 4.78 is 14.3. The highest BCUT2D eigenvalue weighted by atomic mass is 32.2. The molecular weight excluding hydrogens is 411 g/mol. The van der Waals surface area contributed by atoms with Gasteiger partial charge < -0.3 is 10.2 Å². The minimum atomic E-state index is -0.646. The Morgan fingerprint density at radius 1 is 1.10 bits per heavy atom. The molecular formula is C25H31FN2O2S. The molecule has 0 radical (unpaired) electrons. The lowest BCUT2D eigenvalue weighted by Gasteiger charge is -2.30. The van der Waals surface area contributed by atoms with Crippen LogP contribution in [0.2, 0.25) is 0 Å². The van der Waals surface area contributed by atoms with Gasteiger partial charge in [0.25, 0.3) is 0 Å². The molecule has 1 atom stereocenters. The first-order chi connectivity index (χ1) is 15.0. The van der Waals surface area contributed by atoms with Crippen LogP contribution in [0.15, 0.2) is 54.6 Å². The molecule has 1 N–H and O–H groups in total. The third kappa shape index (κ3) is 7.10.